The van der Waals surface area contributed by atoms with Crippen molar-refractivity contribution in [1.82, 2.24) is 4.98 Å². The highest BCUT2D eigenvalue weighted by Crippen LogP contribution is 2.30. The van der Waals surface area contributed by atoms with E-state index in [-0.39, 0.29) is 0 Å². The molecule has 2 aromatic rings. The van der Waals surface area contributed by atoms with Gasteiger partial charge in [0.05, 0.1) is 11.4 Å². The molecule has 0 unspecified atom stereocenters. The molecule has 0 bridgehead atoms. The summed E-state index contributed by atoms with van der Waals surface area (Å²) in [5.74, 6) is 0. The molecule has 2 N–H and O–H groups in total. The van der Waals surface area contributed by atoms with Gasteiger partial charge in [-0.25, -0.2) is 0 Å². The molecule has 0 aliphatic carbocycles. The Labute approximate surface area is 92.5 Å². The van der Waals surface area contributed by atoms with Crippen molar-refractivity contribution in [3.8, 4) is 0 Å². The summed E-state index contributed by atoms with van der Waals surface area (Å²) in [4.78, 5) is 14.0. The molecule has 0 radical (unpaired) electrons. The molecule has 0 saturated carbocycles. The van der Waals surface area contributed by atoms with Crippen LogP contribution in [0.5, 0.6) is 0 Å². The molecule has 0 saturated heterocycles. The standard InChI is InChI=1S/C13H10N2O/c16-8-10-3-1-2-9-4-5-12-11(6-7-14-12)13(9)15-10/h1-8,14-15H. The van der Waals surface area contributed by atoms with Crippen molar-refractivity contribution in [2.24, 2.45) is 0 Å². The van der Waals surface area contributed by atoms with Crippen LogP contribution < -0.4 is 5.32 Å². The van der Waals surface area contributed by atoms with Gasteiger partial charge in [0.25, 0.3) is 0 Å². The first-order valence-electron chi connectivity index (χ1n) is 5.09. The monoisotopic (exact) mass is 210 g/mol. The zero-order valence-corrected chi connectivity index (χ0v) is 8.53. The van der Waals surface area contributed by atoms with Crippen molar-refractivity contribution in [1.29, 1.82) is 0 Å². The number of benzene rings is 1. The molecule has 3 nitrogen and oxygen atoms in total. The quantitative estimate of drug-likeness (QED) is 0.711. The molecule has 2 heterocycles. The maximum absolute atomic E-state index is 10.8. The number of anilines is 1. The van der Waals surface area contributed by atoms with Gasteiger partial charge in [-0.2, -0.15) is 0 Å². The number of hydrogen-bond donors (Lipinski definition) is 2. The van der Waals surface area contributed by atoms with Gasteiger partial charge in [-0.15, -0.1) is 0 Å². The molecule has 0 spiro atoms. The van der Waals surface area contributed by atoms with Crippen LogP contribution in [0, 0.1) is 0 Å². The summed E-state index contributed by atoms with van der Waals surface area (Å²) in [5, 5.41) is 4.24. The molecule has 0 atom stereocenters. The fourth-order valence-corrected chi connectivity index (χ4v) is 1.94. The summed E-state index contributed by atoms with van der Waals surface area (Å²) >= 11 is 0. The Morgan fingerprint density at radius 2 is 2.12 bits per heavy atom. The summed E-state index contributed by atoms with van der Waals surface area (Å²) in [6, 6.07) is 6.06. The molecule has 1 aromatic heterocycles. The second-order valence-corrected chi connectivity index (χ2v) is 3.69. The van der Waals surface area contributed by atoms with E-state index < -0.39 is 0 Å². The first-order valence-corrected chi connectivity index (χ1v) is 5.09. The molecule has 1 aliphatic rings. The lowest BCUT2D eigenvalue weighted by molar-refractivity contribution is -0.104. The van der Waals surface area contributed by atoms with Gasteiger partial charge >= 0.3 is 0 Å². The number of allylic oxidation sites excluding steroid dienone is 3. The van der Waals surface area contributed by atoms with Crippen LogP contribution in [0.2, 0.25) is 0 Å². The van der Waals surface area contributed by atoms with Crippen molar-refractivity contribution in [3.63, 3.8) is 0 Å². The number of aromatic nitrogens is 1. The number of hydrogen-bond acceptors (Lipinski definition) is 2. The molecule has 0 fully saturated rings. The Bertz CT molecular complexity index is 620. The average molecular weight is 210 g/mol. The summed E-state index contributed by atoms with van der Waals surface area (Å²) in [5.41, 5.74) is 3.70. The third kappa shape index (κ3) is 1.26. The zero-order chi connectivity index (χ0) is 11.0. The molecule has 1 aliphatic heterocycles. The Balaban J connectivity index is 2.28. The van der Waals surface area contributed by atoms with Gasteiger partial charge in [0.2, 0.25) is 0 Å². The molecule has 0 amide bonds. The zero-order valence-electron chi connectivity index (χ0n) is 8.53. The average Bonchev–Trinajstić information content (AvgIpc) is 2.68. The summed E-state index contributed by atoms with van der Waals surface area (Å²) in [7, 11) is 0. The van der Waals surface area contributed by atoms with Gasteiger partial charge in [-0.05, 0) is 23.8 Å². The van der Waals surface area contributed by atoms with E-state index in [0.29, 0.717) is 5.70 Å². The second kappa shape index (κ2) is 3.38. The number of rotatable bonds is 1. The highest BCUT2D eigenvalue weighted by atomic mass is 16.1. The minimum absolute atomic E-state index is 0.573. The maximum atomic E-state index is 10.8. The molecule has 16 heavy (non-hydrogen) atoms. The van der Waals surface area contributed by atoms with E-state index in [0.717, 1.165) is 28.4 Å². The van der Waals surface area contributed by atoms with Gasteiger partial charge in [0, 0.05) is 17.1 Å². The summed E-state index contributed by atoms with van der Waals surface area (Å²) in [6.45, 7) is 0. The van der Waals surface area contributed by atoms with E-state index >= 15 is 0 Å². The highest BCUT2D eigenvalue weighted by Gasteiger charge is 2.09. The Kier molecular flexibility index (Phi) is 1.90. The SMILES string of the molecule is O=CC1=CC=Cc2ccc3[nH]ccc3c2N1. The number of carbonyl (C=O) groups excluding carboxylic acids is 1. The maximum Gasteiger partial charge on any atom is 0.166 e. The molecule has 3 heteroatoms. The summed E-state index contributed by atoms with van der Waals surface area (Å²) < 4.78 is 0. The molecular formula is C13H10N2O. The van der Waals surface area contributed by atoms with Crippen LogP contribution in [0.3, 0.4) is 0 Å². The van der Waals surface area contributed by atoms with E-state index in [1.807, 2.05) is 36.5 Å². The lowest BCUT2D eigenvalue weighted by atomic mass is 10.1. The predicted molar refractivity (Wildman–Crippen MR) is 65.1 cm³/mol. The second-order valence-electron chi connectivity index (χ2n) is 3.69. The van der Waals surface area contributed by atoms with Gasteiger partial charge in [0.15, 0.2) is 6.29 Å². The van der Waals surface area contributed by atoms with Crippen molar-refractivity contribution in [2.75, 3.05) is 5.32 Å². The Morgan fingerprint density at radius 3 is 3.00 bits per heavy atom. The fourth-order valence-electron chi connectivity index (χ4n) is 1.94. The van der Waals surface area contributed by atoms with Gasteiger partial charge in [-0.3, -0.25) is 4.79 Å². The van der Waals surface area contributed by atoms with Crippen LogP contribution in [0.15, 0.2) is 42.2 Å². The first kappa shape index (κ1) is 8.97. The normalized spacial score (nSPS) is 13.9. The van der Waals surface area contributed by atoms with Crippen molar-refractivity contribution in [3.05, 3.63) is 47.8 Å². The lowest BCUT2D eigenvalue weighted by Crippen LogP contribution is -2.00. The number of aldehydes is 1. The van der Waals surface area contributed by atoms with Crippen LogP contribution >= 0.6 is 0 Å². The van der Waals surface area contributed by atoms with Gasteiger partial charge in [0.1, 0.15) is 0 Å². The third-order valence-electron chi connectivity index (χ3n) is 2.71. The van der Waals surface area contributed by atoms with E-state index in [9.17, 15) is 4.79 Å². The molecule has 1 aromatic carbocycles. The molecular weight excluding hydrogens is 200 g/mol. The van der Waals surface area contributed by atoms with E-state index in [1.54, 1.807) is 6.08 Å². The van der Waals surface area contributed by atoms with E-state index in [4.69, 9.17) is 0 Å². The topological polar surface area (TPSA) is 44.9 Å². The summed E-state index contributed by atoms with van der Waals surface area (Å²) in [6.07, 6.45) is 8.36. The van der Waals surface area contributed by atoms with Crippen molar-refractivity contribution in [2.45, 2.75) is 0 Å². The number of aromatic amines is 1. The van der Waals surface area contributed by atoms with E-state index in [2.05, 4.69) is 10.3 Å². The number of fused-ring (bicyclic) bond motifs is 3. The van der Waals surface area contributed by atoms with Crippen molar-refractivity contribution >= 4 is 29.0 Å². The van der Waals surface area contributed by atoms with Gasteiger partial charge in [-0.1, -0.05) is 18.2 Å². The minimum Gasteiger partial charge on any atom is -0.361 e. The molecule has 3 rings (SSSR count). The molecule has 78 valence electrons. The lowest BCUT2D eigenvalue weighted by Gasteiger charge is -2.08. The number of nitrogens with one attached hydrogen (secondary N) is 2. The van der Waals surface area contributed by atoms with Crippen LogP contribution in [0.1, 0.15) is 5.56 Å². The number of carbonyl (C=O) groups is 1. The van der Waals surface area contributed by atoms with E-state index in [1.165, 1.54) is 0 Å². The largest absolute Gasteiger partial charge is 0.361 e. The predicted octanol–water partition coefficient (Wildman–Crippen LogP) is 2.69. The smallest absolute Gasteiger partial charge is 0.166 e. The fraction of sp³-hybridized carbons (Fsp3) is 0. The van der Waals surface area contributed by atoms with Gasteiger partial charge < -0.3 is 10.3 Å². The van der Waals surface area contributed by atoms with Crippen LogP contribution in [0.25, 0.3) is 17.0 Å². The van der Waals surface area contributed by atoms with Crippen LogP contribution in [0.4, 0.5) is 5.69 Å². The van der Waals surface area contributed by atoms with Crippen molar-refractivity contribution < 1.29 is 4.79 Å². The Morgan fingerprint density at radius 1 is 1.19 bits per heavy atom. The van der Waals surface area contributed by atoms with Crippen LogP contribution in [-0.2, 0) is 4.79 Å². The minimum atomic E-state index is 0.573. The number of H-pyrrole nitrogens is 1. The van der Waals surface area contributed by atoms with Crippen LogP contribution in [-0.4, -0.2) is 11.3 Å². The first-order chi connectivity index (χ1) is 7.88. The highest BCUT2D eigenvalue weighted by molar-refractivity contribution is 5.99. The third-order valence-corrected chi connectivity index (χ3v) is 2.71. The Hall–Kier alpha value is -2.29.